The molecule has 12 nitrogen and oxygen atoms in total. The van der Waals surface area contributed by atoms with Gasteiger partial charge in [-0.25, -0.2) is 16.8 Å². The minimum atomic E-state index is -3.87. The Kier molecular flexibility index (Phi) is 11.1. The first kappa shape index (κ1) is 34.3. The van der Waals surface area contributed by atoms with Gasteiger partial charge in [0, 0.05) is 43.0 Å². The molecule has 0 saturated carbocycles. The molecule has 0 unspecified atom stereocenters. The van der Waals surface area contributed by atoms with Crippen molar-refractivity contribution in [3.8, 4) is 17.1 Å². The molecule has 0 aliphatic carbocycles. The van der Waals surface area contributed by atoms with Crippen LogP contribution in [0.5, 0.6) is 0 Å². The van der Waals surface area contributed by atoms with E-state index >= 15 is 0 Å². The van der Waals surface area contributed by atoms with Crippen LogP contribution in [0, 0.1) is 0 Å². The molecule has 1 aliphatic rings. The highest BCUT2D eigenvalue weighted by molar-refractivity contribution is 7.99. The van der Waals surface area contributed by atoms with Gasteiger partial charge in [-0.1, -0.05) is 68.4 Å². The number of sulfonamides is 2. The molecule has 0 saturated heterocycles. The van der Waals surface area contributed by atoms with E-state index in [0.29, 0.717) is 54.1 Å². The lowest BCUT2D eigenvalue weighted by Crippen LogP contribution is -2.30. The summed E-state index contributed by atoms with van der Waals surface area (Å²) in [5.41, 5.74) is 1.61. The number of anilines is 1. The minimum Gasteiger partial charge on any atom is -0.325 e. The average molecular weight is 696 g/mol. The smallest absolute Gasteiger partial charge is 0.262 e. The number of hydrogen-bond donors (Lipinski definition) is 2. The van der Waals surface area contributed by atoms with Crippen LogP contribution in [0.2, 0.25) is 0 Å². The number of amides is 1. The molecule has 47 heavy (non-hydrogen) atoms. The van der Waals surface area contributed by atoms with Crippen LogP contribution >= 0.6 is 11.8 Å². The number of aromatic nitrogens is 3. The maximum absolute atomic E-state index is 13.2. The normalized spacial score (nSPS) is 14.0. The van der Waals surface area contributed by atoms with Gasteiger partial charge < -0.3 is 5.32 Å². The van der Waals surface area contributed by atoms with Gasteiger partial charge in [0.05, 0.1) is 15.5 Å². The van der Waals surface area contributed by atoms with Gasteiger partial charge in [-0.15, -0.1) is 10.2 Å². The number of hydrogen-bond acceptors (Lipinski definition) is 9. The molecule has 1 amide bonds. The van der Waals surface area contributed by atoms with Crippen LogP contribution < -0.4 is 10.0 Å². The highest BCUT2D eigenvalue weighted by atomic mass is 32.2. The Bertz CT molecular complexity index is 1960. The van der Waals surface area contributed by atoms with Gasteiger partial charge in [0.25, 0.3) is 10.0 Å². The monoisotopic (exact) mass is 695 g/mol. The summed E-state index contributed by atoms with van der Waals surface area (Å²) in [6.45, 7) is 4.87. The zero-order valence-corrected chi connectivity index (χ0v) is 28.6. The van der Waals surface area contributed by atoms with Gasteiger partial charge in [-0.3, -0.25) is 19.1 Å². The molecule has 1 aromatic heterocycles. The van der Waals surface area contributed by atoms with Crippen LogP contribution in [0.25, 0.3) is 17.1 Å². The molecule has 0 radical (unpaired) electrons. The molecule has 2 heterocycles. The van der Waals surface area contributed by atoms with Crippen LogP contribution in [0.4, 0.5) is 5.69 Å². The summed E-state index contributed by atoms with van der Waals surface area (Å²) in [6.07, 6.45) is 3.39. The molecule has 0 bridgehead atoms. The van der Waals surface area contributed by atoms with Gasteiger partial charge >= 0.3 is 0 Å². The number of amidine groups is 1. The van der Waals surface area contributed by atoms with Crippen molar-refractivity contribution >= 4 is 49.2 Å². The van der Waals surface area contributed by atoms with E-state index in [1.165, 1.54) is 16.4 Å². The maximum Gasteiger partial charge on any atom is 0.262 e. The summed E-state index contributed by atoms with van der Waals surface area (Å²) >= 11 is 1.15. The van der Waals surface area contributed by atoms with E-state index in [-0.39, 0.29) is 21.5 Å². The highest BCUT2D eigenvalue weighted by Gasteiger charge is 2.24. The molecule has 5 rings (SSSR count). The van der Waals surface area contributed by atoms with E-state index < -0.39 is 20.0 Å². The van der Waals surface area contributed by atoms with Crippen LogP contribution in [0.1, 0.15) is 39.5 Å². The molecule has 0 fully saturated rings. The van der Waals surface area contributed by atoms with Crippen molar-refractivity contribution in [2.24, 2.45) is 4.99 Å². The van der Waals surface area contributed by atoms with Crippen LogP contribution in [-0.2, 0) is 24.8 Å². The Balaban J connectivity index is 1.35. The molecule has 248 valence electrons. The Morgan fingerprint density at radius 1 is 0.872 bits per heavy atom. The zero-order chi connectivity index (χ0) is 33.4. The van der Waals surface area contributed by atoms with Gasteiger partial charge in [0.15, 0.2) is 11.0 Å². The lowest BCUT2D eigenvalue weighted by molar-refractivity contribution is -0.113. The highest BCUT2D eigenvalue weighted by Crippen LogP contribution is 2.30. The number of benzene rings is 3. The van der Waals surface area contributed by atoms with Crippen molar-refractivity contribution in [2.45, 2.75) is 54.5 Å². The third-order valence-corrected chi connectivity index (χ3v) is 11.8. The Morgan fingerprint density at radius 3 is 2.38 bits per heavy atom. The standard InChI is InChI=1S/C32H37N7O5S3/c1-3-38(4-2)47(43,44)28-18-11-13-24(21-28)31-35-36-32(39(31)26-15-7-5-8-16-26)45-23-30(40)34-25-14-12-17-27(22-25)46(41,42)37-29-19-9-6-10-20-33-29/h5,7-8,11-18,21-22H,3-4,6,9-10,19-20,23H2,1-2H3,(H,33,37)(H,34,40). The second kappa shape index (κ2) is 15.2. The van der Waals surface area contributed by atoms with Crippen molar-refractivity contribution < 1.29 is 21.6 Å². The van der Waals surface area contributed by atoms with Crippen LogP contribution in [0.3, 0.4) is 0 Å². The summed E-state index contributed by atoms with van der Waals surface area (Å²) < 4.78 is 58.3. The number of carbonyl (C=O) groups is 1. The maximum atomic E-state index is 13.2. The van der Waals surface area contributed by atoms with Gasteiger partial charge in [-0.05, 0) is 55.3 Å². The quantitative estimate of drug-likeness (QED) is 0.197. The van der Waals surface area contributed by atoms with E-state index in [0.717, 1.165) is 36.7 Å². The molecule has 2 N–H and O–H groups in total. The molecule has 1 aliphatic heterocycles. The number of aliphatic imine (C=N–C) groups is 1. The predicted molar refractivity (Wildman–Crippen MR) is 184 cm³/mol. The third-order valence-electron chi connectivity index (χ3n) is 7.47. The van der Waals surface area contributed by atoms with E-state index in [9.17, 15) is 21.6 Å². The van der Waals surface area contributed by atoms with E-state index in [1.807, 2.05) is 30.3 Å². The summed E-state index contributed by atoms with van der Waals surface area (Å²) in [7, 11) is -7.57. The Labute approximate surface area is 279 Å². The molecule has 3 aromatic carbocycles. The van der Waals surface area contributed by atoms with Crippen molar-refractivity contribution in [1.29, 1.82) is 0 Å². The number of nitrogens with one attached hydrogen (secondary N) is 2. The molecular formula is C32H37N7O5S3. The fraction of sp³-hybridized carbons (Fsp3) is 0.312. The summed E-state index contributed by atoms with van der Waals surface area (Å²) in [5, 5.41) is 11.9. The number of thioether (sulfide) groups is 1. The second-order valence-corrected chi connectivity index (χ2v) is 15.3. The molecule has 0 atom stereocenters. The zero-order valence-electron chi connectivity index (χ0n) is 26.2. The number of rotatable bonds is 12. The summed E-state index contributed by atoms with van der Waals surface area (Å²) in [5.74, 6) is 0.446. The van der Waals surface area contributed by atoms with Crippen molar-refractivity contribution in [1.82, 2.24) is 23.8 Å². The topological polar surface area (TPSA) is 156 Å². The summed E-state index contributed by atoms with van der Waals surface area (Å²) in [6, 6.07) is 22.0. The van der Waals surface area contributed by atoms with Gasteiger partial charge in [0.2, 0.25) is 15.9 Å². The van der Waals surface area contributed by atoms with Crippen LogP contribution in [0.15, 0.2) is 98.8 Å². The first-order valence-corrected chi connectivity index (χ1v) is 19.2. The van der Waals surface area contributed by atoms with Gasteiger partial charge in [-0.2, -0.15) is 4.31 Å². The predicted octanol–water partition coefficient (Wildman–Crippen LogP) is 4.95. The lowest BCUT2D eigenvalue weighted by Gasteiger charge is -2.19. The van der Waals surface area contributed by atoms with E-state index in [2.05, 4.69) is 25.2 Å². The minimum absolute atomic E-state index is 0.0219. The third kappa shape index (κ3) is 8.27. The molecule has 4 aromatic rings. The first-order valence-electron chi connectivity index (χ1n) is 15.3. The average Bonchev–Trinajstić information content (AvgIpc) is 3.34. The SMILES string of the molecule is CCN(CC)S(=O)(=O)c1cccc(-c2nnc(SCC(=O)Nc3cccc(S(=O)(=O)NC4=NCCCCC4)c3)n2-c2ccccc2)c1. The summed E-state index contributed by atoms with van der Waals surface area (Å²) in [4.78, 5) is 17.6. The van der Waals surface area contributed by atoms with Crippen molar-refractivity contribution in [2.75, 3.05) is 30.7 Å². The Hall–Kier alpha value is -4.05. The Morgan fingerprint density at radius 2 is 1.62 bits per heavy atom. The second-order valence-electron chi connectivity index (χ2n) is 10.7. The van der Waals surface area contributed by atoms with Crippen molar-refractivity contribution in [3.63, 3.8) is 0 Å². The van der Waals surface area contributed by atoms with Crippen molar-refractivity contribution in [3.05, 3.63) is 78.9 Å². The number of para-hydroxylation sites is 1. The number of carbonyl (C=O) groups excluding carboxylic acids is 1. The van der Waals surface area contributed by atoms with Crippen LogP contribution in [-0.4, -0.2) is 73.0 Å². The molecule has 15 heteroatoms. The first-order chi connectivity index (χ1) is 22.6. The number of nitrogens with zero attached hydrogens (tertiary/aromatic N) is 5. The largest absolute Gasteiger partial charge is 0.325 e. The fourth-order valence-electron chi connectivity index (χ4n) is 5.11. The van der Waals surface area contributed by atoms with Gasteiger partial charge in [0.1, 0.15) is 5.84 Å². The fourth-order valence-corrected chi connectivity index (χ4v) is 8.50. The lowest BCUT2D eigenvalue weighted by atomic mass is 10.2. The molecular weight excluding hydrogens is 659 g/mol. The van der Waals surface area contributed by atoms with E-state index in [1.54, 1.807) is 54.8 Å². The molecule has 0 spiro atoms. The van der Waals surface area contributed by atoms with E-state index in [4.69, 9.17) is 0 Å².